The van der Waals surface area contributed by atoms with Gasteiger partial charge in [-0.3, -0.25) is 19.7 Å². The minimum atomic E-state index is -0.220. The van der Waals surface area contributed by atoms with Gasteiger partial charge in [0.2, 0.25) is 0 Å². The molecular weight excluding hydrogens is 244 g/mol. The molecular formula is C13H16N4O2. The Labute approximate surface area is 111 Å². The van der Waals surface area contributed by atoms with Gasteiger partial charge in [-0.25, -0.2) is 0 Å². The number of nitrogens with one attached hydrogen (secondary N) is 1. The Bertz CT molecular complexity index is 539. The maximum atomic E-state index is 11.4. The van der Waals surface area contributed by atoms with Crippen molar-refractivity contribution in [2.24, 2.45) is 0 Å². The smallest absolute Gasteiger partial charge is 0.286 e. The van der Waals surface area contributed by atoms with Gasteiger partial charge in [-0.1, -0.05) is 0 Å². The SMILES string of the molecule is CNC(=O)c1ccc(CN(C)Cc2cnccn2)o1. The summed E-state index contributed by atoms with van der Waals surface area (Å²) in [5.74, 6) is 0.846. The molecule has 0 aliphatic rings. The number of amides is 1. The average molecular weight is 260 g/mol. The largest absolute Gasteiger partial charge is 0.455 e. The van der Waals surface area contributed by atoms with Gasteiger partial charge >= 0.3 is 0 Å². The lowest BCUT2D eigenvalue weighted by molar-refractivity contribution is 0.0932. The predicted octanol–water partition coefficient (Wildman–Crippen LogP) is 1.06. The van der Waals surface area contributed by atoms with Gasteiger partial charge in [0.15, 0.2) is 5.76 Å². The molecule has 2 rings (SSSR count). The minimum absolute atomic E-state index is 0.220. The fraction of sp³-hybridized carbons (Fsp3) is 0.308. The third-order valence-corrected chi connectivity index (χ3v) is 2.59. The van der Waals surface area contributed by atoms with Crippen molar-refractivity contribution in [2.75, 3.05) is 14.1 Å². The highest BCUT2D eigenvalue weighted by Crippen LogP contribution is 2.11. The third-order valence-electron chi connectivity index (χ3n) is 2.59. The molecule has 1 N–H and O–H groups in total. The first-order valence-corrected chi connectivity index (χ1v) is 5.93. The second-order valence-corrected chi connectivity index (χ2v) is 4.21. The third kappa shape index (κ3) is 3.62. The number of carbonyl (C=O) groups excluding carboxylic acids is 1. The molecule has 0 unspecified atom stereocenters. The summed E-state index contributed by atoms with van der Waals surface area (Å²) in [5.41, 5.74) is 0.892. The van der Waals surface area contributed by atoms with Crippen molar-refractivity contribution >= 4 is 5.91 Å². The van der Waals surface area contributed by atoms with Crippen LogP contribution in [-0.4, -0.2) is 34.9 Å². The highest BCUT2D eigenvalue weighted by atomic mass is 16.4. The molecule has 100 valence electrons. The van der Waals surface area contributed by atoms with E-state index >= 15 is 0 Å². The lowest BCUT2D eigenvalue weighted by Crippen LogP contribution is -2.18. The molecule has 2 heterocycles. The van der Waals surface area contributed by atoms with Gasteiger partial charge < -0.3 is 9.73 Å². The van der Waals surface area contributed by atoms with Crippen molar-refractivity contribution in [3.05, 3.63) is 47.9 Å². The van der Waals surface area contributed by atoms with Crippen LogP contribution in [0.25, 0.3) is 0 Å². The van der Waals surface area contributed by atoms with E-state index in [9.17, 15) is 4.79 Å². The normalized spacial score (nSPS) is 10.7. The number of aromatic nitrogens is 2. The van der Waals surface area contributed by atoms with Gasteiger partial charge in [-0.15, -0.1) is 0 Å². The van der Waals surface area contributed by atoms with Gasteiger partial charge in [0, 0.05) is 32.2 Å². The van der Waals surface area contributed by atoms with Crippen molar-refractivity contribution in [1.82, 2.24) is 20.2 Å². The molecule has 0 aliphatic heterocycles. The second-order valence-electron chi connectivity index (χ2n) is 4.21. The molecule has 6 nitrogen and oxygen atoms in total. The van der Waals surface area contributed by atoms with E-state index in [0.29, 0.717) is 18.8 Å². The number of hydrogen-bond acceptors (Lipinski definition) is 5. The number of nitrogens with zero attached hydrogens (tertiary/aromatic N) is 3. The van der Waals surface area contributed by atoms with E-state index in [-0.39, 0.29) is 5.91 Å². The fourth-order valence-electron chi connectivity index (χ4n) is 1.72. The summed E-state index contributed by atoms with van der Waals surface area (Å²) in [6.07, 6.45) is 5.04. The molecule has 6 heteroatoms. The van der Waals surface area contributed by atoms with Crippen molar-refractivity contribution < 1.29 is 9.21 Å². The van der Waals surface area contributed by atoms with E-state index in [4.69, 9.17) is 4.42 Å². The number of rotatable bonds is 5. The van der Waals surface area contributed by atoms with Crippen LogP contribution in [0.1, 0.15) is 22.0 Å². The van der Waals surface area contributed by atoms with E-state index in [1.165, 1.54) is 0 Å². The maximum Gasteiger partial charge on any atom is 0.286 e. The average Bonchev–Trinajstić information content (AvgIpc) is 2.87. The Morgan fingerprint density at radius 2 is 2.21 bits per heavy atom. The van der Waals surface area contributed by atoms with Gasteiger partial charge in [-0.05, 0) is 19.2 Å². The number of hydrogen-bond donors (Lipinski definition) is 1. The Morgan fingerprint density at radius 1 is 1.37 bits per heavy atom. The monoisotopic (exact) mass is 260 g/mol. The molecule has 0 saturated carbocycles. The van der Waals surface area contributed by atoms with Crippen LogP contribution in [0.4, 0.5) is 0 Å². The van der Waals surface area contributed by atoms with E-state index in [1.54, 1.807) is 37.8 Å². The quantitative estimate of drug-likeness (QED) is 0.870. The summed E-state index contributed by atoms with van der Waals surface area (Å²) >= 11 is 0. The zero-order chi connectivity index (χ0) is 13.7. The molecule has 0 bridgehead atoms. The summed E-state index contributed by atoms with van der Waals surface area (Å²) in [4.78, 5) is 21.6. The Hall–Kier alpha value is -2.21. The summed E-state index contributed by atoms with van der Waals surface area (Å²) in [6, 6.07) is 3.47. The zero-order valence-electron chi connectivity index (χ0n) is 11.0. The lowest BCUT2D eigenvalue weighted by Gasteiger charge is -2.13. The molecule has 0 radical (unpaired) electrons. The van der Waals surface area contributed by atoms with Crippen molar-refractivity contribution in [1.29, 1.82) is 0 Å². The molecule has 0 spiro atoms. The maximum absolute atomic E-state index is 11.4. The van der Waals surface area contributed by atoms with Crippen molar-refractivity contribution in [3.8, 4) is 0 Å². The van der Waals surface area contributed by atoms with Crippen LogP contribution in [0.3, 0.4) is 0 Å². The molecule has 2 aromatic rings. The molecule has 0 fully saturated rings. The standard InChI is InChI=1S/C13H16N4O2/c1-14-13(18)12-4-3-11(19-12)9-17(2)8-10-7-15-5-6-16-10/h3-7H,8-9H2,1-2H3,(H,14,18). The Kier molecular flexibility index (Phi) is 4.25. The van der Waals surface area contributed by atoms with Crippen LogP contribution in [-0.2, 0) is 13.1 Å². The van der Waals surface area contributed by atoms with Gasteiger partial charge in [0.25, 0.3) is 5.91 Å². The minimum Gasteiger partial charge on any atom is -0.455 e. The first-order valence-electron chi connectivity index (χ1n) is 5.93. The summed E-state index contributed by atoms with van der Waals surface area (Å²) in [6.45, 7) is 1.28. The first kappa shape index (κ1) is 13.2. The molecule has 0 aliphatic carbocycles. The molecule has 1 amide bonds. The van der Waals surface area contributed by atoms with Crippen LogP contribution >= 0.6 is 0 Å². The summed E-state index contributed by atoms with van der Waals surface area (Å²) in [5, 5.41) is 2.52. The highest BCUT2D eigenvalue weighted by molar-refractivity contribution is 5.91. The van der Waals surface area contributed by atoms with Crippen LogP contribution in [0.2, 0.25) is 0 Å². The second kappa shape index (κ2) is 6.10. The highest BCUT2D eigenvalue weighted by Gasteiger charge is 2.11. The van der Waals surface area contributed by atoms with E-state index < -0.39 is 0 Å². The van der Waals surface area contributed by atoms with Crippen LogP contribution in [0.15, 0.2) is 35.1 Å². The van der Waals surface area contributed by atoms with Gasteiger partial charge in [0.1, 0.15) is 5.76 Å². The Balaban J connectivity index is 1.94. The molecule has 0 atom stereocenters. The zero-order valence-corrected chi connectivity index (χ0v) is 11.0. The van der Waals surface area contributed by atoms with Crippen LogP contribution in [0.5, 0.6) is 0 Å². The van der Waals surface area contributed by atoms with Crippen molar-refractivity contribution in [3.63, 3.8) is 0 Å². The number of furan rings is 1. The Morgan fingerprint density at radius 3 is 2.89 bits per heavy atom. The van der Waals surface area contributed by atoms with Crippen molar-refractivity contribution in [2.45, 2.75) is 13.1 Å². The van der Waals surface area contributed by atoms with Crippen LogP contribution < -0.4 is 5.32 Å². The van der Waals surface area contributed by atoms with Gasteiger partial charge in [0.05, 0.1) is 12.2 Å². The topological polar surface area (TPSA) is 71.3 Å². The molecule has 2 aromatic heterocycles. The van der Waals surface area contributed by atoms with E-state index in [1.807, 2.05) is 11.9 Å². The molecule has 0 aromatic carbocycles. The lowest BCUT2D eigenvalue weighted by atomic mass is 10.3. The van der Waals surface area contributed by atoms with Crippen LogP contribution in [0, 0.1) is 0 Å². The number of carbonyl (C=O) groups is 1. The molecule has 19 heavy (non-hydrogen) atoms. The summed E-state index contributed by atoms with van der Waals surface area (Å²) < 4.78 is 5.45. The van der Waals surface area contributed by atoms with Gasteiger partial charge in [-0.2, -0.15) is 0 Å². The molecule has 0 saturated heterocycles. The first-order chi connectivity index (χ1) is 9.19. The van der Waals surface area contributed by atoms with E-state index in [2.05, 4.69) is 15.3 Å². The van der Waals surface area contributed by atoms with E-state index in [0.717, 1.165) is 11.5 Å². The predicted molar refractivity (Wildman–Crippen MR) is 69.3 cm³/mol. The fourth-order valence-corrected chi connectivity index (χ4v) is 1.72. The summed E-state index contributed by atoms with van der Waals surface area (Å²) in [7, 11) is 3.53.